The highest BCUT2D eigenvalue weighted by molar-refractivity contribution is 6.02. The number of amides is 2. The zero-order chi connectivity index (χ0) is 13.4. The van der Waals surface area contributed by atoms with E-state index in [0.29, 0.717) is 12.2 Å². The van der Waals surface area contributed by atoms with Gasteiger partial charge in [0, 0.05) is 30.1 Å². The Balaban J connectivity index is 2.14. The highest BCUT2D eigenvalue weighted by Crippen LogP contribution is 2.27. The molecule has 0 radical (unpaired) electrons. The SMILES string of the molecule is CC(=O)Nc1ccc2[nH]c3c(c2c1)CCCNC3=O. The average molecular weight is 257 g/mol. The molecule has 2 heterocycles. The lowest BCUT2D eigenvalue weighted by molar-refractivity contribution is -0.114. The molecule has 0 saturated carbocycles. The van der Waals surface area contributed by atoms with Crippen LogP contribution in [0.1, 0.15) is 29.4 Å². The number of rotatable bonds is 1. The van der Waals surface area contributed by atoms with Gasteiger partial charge >= 0.3 is 0 Å². The minimum Gasteiger partial charge on any atom is -0.351 e. The smallest absolute Gasteiger partial charge is 0.268 e. The van der Waals surface area contributed by atoms with Gasteiger partial charge in [0.1, 0.15) is 5.69 Å². The van der Waals surface area contributed by atoms with Gasteiger partial charge in [-0.1, -0.05) is 0 Å². The minimum absolute atomic E-state index is 0.0511. The van der Waals surface area contributed by atoms with E-state index in [-0.39, 0.29) is 11.8 Å². The monoisotopic (exact) mass is 257 g/mol. The van der Waals surface area contributed by atoms with E-state index in [0.717, 1.165) is 35.0 Å². The van der Waals surface area contributed by atoms with Crippen LogP contribution in [0.15, 0.2) is 18.2 Å². The topological polar surface area (TPSA) is 74.0 Å². The zero-order valence-corrected chi connectivity index (χ0v) is 10.7. The standard InChI is InChI=1S/C14H15N3O2/c1-8(18)16-9-4-5-12-11(7-9)10-3-2-6-15-14(19)13(10)17-12/h4-5,7,17H,2-3,6H2,1H3,(H,15,19)(H,16,18). The van der Waals surface area contributed by atoms with E-state index >= 15 is 0 Å². The fourth-order valence-electron chi connectivity index (χ4n) is 2.54. The summed E-state index contributed by atoms with van der Waals surface area (Å²) in [5, 5.41) is 6.65. The first-order chi connectivity index (χ1) is 9.15. The van der Waals surface area contributed by atoms with Gasteiger partial charge in [0.2, 0.25) is 5.91 Å². The Hall–Kier alpha value is -2.30. The summed E-state index contributed by atoms with van der Waals surface area (Å²) in [4.78, 5) is 26.2. The molecule has 2 aromatic rings. The second kappa shape index (κ2) is 4.42. The molecule has 0 atom stereocenters. The van der Waals surface area contributed by atoms with E-state index in [1.54, 1.807) is 0 Å². The molecule has 0 fully saturated rings. The normalized spacial score (nSPS) is 14.7. The predicted octanol–water partition coefficient (Wildman–Crippen LogP) is 1.80. The Morgan fingerprint density at radius 2 is 2.21 bits per heavy atom. The maximum atomic E-state index is 11.9. The quantitative estimate of drug-likeness (QED) is 0.728. The van der Waals surface area contributed by atoms with Crippen LogP contribution in [0, 0.1) is 0 Å². The van der Waals surface area contributed by atoms with Crippen LogP contribution >= 0.6 is 0 Å². The lowest BCUT2D eigenvalue weighted by Gasteiger charge is -2.03. The van der Waals surface area contributed by atoms with E-state index in [9.17, 15) is 9.59 Å². The third-order valence-corrected chi connectivity index (χ3v) is 3.34. The van der Waals surface area contributed by atoms with Gasteiger partial charge in [0.15, 0.2) is 0 Å². The number of anilines is 1. The van der Waals surface area contributed by atoms with Crippen molar-refractivity contribution in [1.29, 1.82) is 0 Å². The van der Waals surface area contributed by atoms with Gasteiger partial charge < -0.3 is 15.6 Å². The van der Waals surface area contributed by atoms with Crippen molar-refractivity contribution < 1.29 is 9.59 Å². The largest absolute Gasteiger partial charge is 0.351 e. The Bertz CT molecular complexity index is 673. The van der Waals surface area contributed by atoms with Gasteiger partial charge in [-0.25, -0.2) is 0 Å². The molecule has 3 N–H and O–H groups in total. The number of carbonyl (C=O) groups is 2. The summed E-state index contributed by atoms with van der Waals surface area (Å²) >= 11 is 0. The molecule has 0 spiro atoms. The van der Waals surface area contributed by atoms with E-state index in [1.807, 2.05) is 18.2 Å². The van der Waals surface area contributed by atoms with Crippen molar-refractivity contribution in [2.24, 2.45) is 0 Å². The highest BCUT2D eigenvalue weighted by Gasteiger charge is 2.20. The van der Waals surface area contributed by atoms with Crippen LogP contribution in [0.5, 0.6) is 0 Å². The summed E-state index contributed by atoms with van der Waals surface area (Å²) in [7, 11) is 0. The van der Waals surface area contributed by atoms with Crippen molar-refractivity contribution >= 4 is 28.4 Å². The summed E-state index contributed by atoms with van der Waals surface area (Å²) in [6.07, 6.45) is 1.79. The third-order valence-electron chi connectivity index (χ3n) is 3.34. The predicted molar refractivity (Wildman–Crippen MR) is 73.3 cm³/mol. The number of benzene rings is 1. The lowest BCUT2D eigenvalue weighted by atomic mass is 10.1. The number of fused-ring (bicyclic) bond motifs is 3. The van der Waals surface area contributed by atoms with Crippen LogP contribution in [0.3, 0.4) is 0 Å². The molecule has 2 amide bonds. The molecule has 98 valence electrons. The molecule has 0 unspecified atom stereocenters. The Morgan fingerprint density at radius 3 is 3.00 bits per heavy atom. The molecule has 5 heteroatoms. The highest BCUT2D eigenvalue weighted by atomic mass is 16.2. The van der Waals surface area contributed by atoms with Crippen LogP contribution in [-0.4, -0.2) is 23.3 Å². The molecule has 5 nitrogen and oxygen atoms in total. The number of hydrogen-bond donors (Lipinski definition) is 3. The van der Waals surface area contributed by atoms with Gasteiger partial charge in [0.05, 0.1) is 0 Å². The molecule has 3 rings (SSSR count). The second-order valence-electron chi connectivity index (χ2n) is 4.78. The molecule has 1 aliphatic rings. The zero-order valence-electron chi connectivity index (χ0n) is 10.7. The molecule has 0 saturated heterocycles. The van der Waals surface area contributed by atoms with Gasteiger partial charge in [-0.2, -0.15) is 0 Å². The van der Waals surface area contributed by atoms with Crippen molar-refractivity contribution in [3.8, 4) is 0 Å². The van der Waals surface area contributed by atoms with E-state index in [4.69, 9.17) is 0 Å². The average Bonchev–Trinajstić information content (AvgIpc) is 2.62. The number of hydrogen-bond acceptors (Lipinski definition) is 2. The first kappa shape index (κ1) is 11.8. The Labute approximate surface area is 110 Å². The van der Waals surface area contributed by atoms with E-state index in [1.165, 1.54) is 6.92 Å². The van der Waals surface area contributed by atoms with Crippen molar-refractivity contribution in [3.63, 3.8) is 0 Å². The molecule has 0 bridgehead atoms. The third kappa shape index (κ3) is 2.07. The molecule has 19 heavy (non-hydrogen) atoms. The number of aromatic nitrogens is 1. The van der Waals surface area contributed by atoms with E-state index in [2.05, 4.69) is 15.6 Å². The molecule has 0 aliphatic carbocycles. The number of H-pyrrole nitrogens is 1. The number of aromatic amines is 1. The first-order valence-electron chi connectivity index (χ1n) is 6.35. The van der Waals surface area contributed by atoms with Crippen LogP contribution in [0.4, 0.5) is 5.69 Å². The lowest BCUT2D eigenvalue weighted by Crippen LogP contribution is -2.22. The van der Waals surface area contributed by atoms with Crippen LogP contribution in [-0.2, 0) is 11.2 Å². The number of aryl methyl sites for hydroxylation is 1. The first-order valence-corrected chi connectivity index (χ1v) is 6.35. The van der Waals surface area contributed by atoms with Crippen LogP contribution < -0.4 is 10.6 Å². The molecule has 1 aliphatic heterocycles. The van der Waals surface area contributed by atoms with Gasteiger partial charge in [-0.15, -0.1) is 0 Å². The molecule has 1 aromatic heterocycles. The van der Waals surface area contributed by atoms with Crippen LogP contribution in [0.2, 0.25) is 0 Å². The van der Waals surface area contributed by atoms with Crippen molar-refractivity contribution in [1.82, 2.24) is 10.3 Å². The number of nitrogens with one attached hydrogen (secondary N) is 3. The second-order valence-corrected chi connectivity index (χ2v) is 4.78. The summed E-state index contributed by atoms with van der Waals surface area (Å²) in [5.74, 6) is -0.150. The number of carbonyl (C=O) groups excluding carboxylic acids is 2. The Morgan fingerprint density at radius 1 is 1.37 bits per heavy atom. The van der Waals surface area contributed by atoms with Crippen molar-refractivity contribution in [2.75, 3.05) is 11.9 Å². The minimum atomic E-state index is -0.0984. The maximum absolute atomic E-state index is 11.9. The summed E-state index contributed by atoms with van der Waals surface area (Å²) in [6, 6.07) is 5.64. The van der Waals surface area contributed by atoms with Crippen LogP contribution in [0.25, 0.3) is 10.9 Å². The van der Waals surface area contributed by atoms with E-state index < -0.39 is 0 Å². The maximum Gasteiger partial charge on any atom is 0.268 e. The summed E-state index contributed by atoms with van der Waals surface area (Å²) in [6.45, 7) is 2.18. The molecular weight excluding hydrogens is 242 g/mol. The fraction of sp³-hybridized carbons (Fsp3) is 0.286. The Kier molecular flexibility index (Phi) is 2.74. The summed E-state index contributed by atoms with van der Waals surface area (Å²) in [5.41, 5.74) is 3.37. The van der Waals surface area contributed by atoms with Gasteiger partial charge in [0.25, 0.3) is 5.91 Å². The van der Waals surface area contributed by atoms with Gasteiger partial charge in [-0.3, -0.25) is 9.59 Å². The van der Waals surface area contributed by atoms with Crippen molar-refractivity contribution in [3.05, 3.63) is 29.5 Å². The summed E-state index contributed by atoms with van der Waals surface area (Å²) < 4.78 is 0. The van der Waals surface area contributed by atoms with Gasteiger partial charge in [-0.05, 0) is 36.6 Å². The molecular formula is C14H15N3O2. The molecule has 1 aromatic carbocycles. The fourth-order valence-corrected chi connectivity index (χ4v) is 2.54. The van der Waals surface area contributed by atoms with Crippen molar-refractivity contribution in [2.45, 2.75) is 19.8 Å².